The van der Waals surface area contributed by atoms with Crippen LogP contribution in [0.2, 0.25) is 0 Å². The lowest BCUT2D eigenvalue weighted by Crippen LogP contribution is -2.19. The molecule has 1 aliphatic rings. The summed E-state index contributed by atoms with van der Waals surface area (Å²) in [5, 5.41) is 3.34. The zero-order valence-corrected chi connectivity index (χ0v) is 10.6. The van der Waals surface area contributed by atoms with Gasteiger partial charge in [0, 0.05) is 25.4 Å². The number of nitrogens with one attached hydrogen (secondary N) is 1. The summed E-state index contributed by atoms with van der Waals surface area (Å²) in [4.78, 5) is 4.37. The molecule has 0 saturated carbocycles. The fourth-order valence-corrected chi connectivity index (χ4v) is 2.30. The summed E-state index contributed by atoms with van der Waals surface area (Å²) in [6, 6.07) is 8.70. The molecule has 2 aromatic rings. The smallest absolute Gasteiger partial charge is 0.0951 e. The maximum absolute atomic E-state index is 4.37. The molecule has 18 heavy (non-hydrogen) atoms. The molecular weight excluding hydrogens is 222 g/mol. The SMILES string of the molecule is Cn1cnc(-c2ccc(C3=CCNCC3)cc2)c1. The standard InChI is InChI=1S/C15H17N3/c1-18-10-15(17-11-18)14-4-2-12(3-5-14)13-6-8-16-9-7-13/h2-6,10-11,16H,7-9H2,1H3. The first-order valence-corrected chi connectivity index (χ1v) is 6.31. The van der Waals surface area contributed by atoms with Crippen LogP contribution in [0.5, 0.6) is 0 Å². The summed E-state index contributed by atoms with van der Waals surface area (Å²) < 4.78 is 1.97. The molecular formula is C15H17N3. The number of aromatic nitrogens is 2. The van der Waals surface area contributed by atoms with E-state index in [4.69, 9.17) is 0 Å². The summed E-state index contributed by atoms with van der Waals surface area (Å²) in [5.74, 6) is 0. The Labute approximate surface area is 107 Å². The molecule has 3 heteroatoms. The van der Waals surface area contributed by atoms with Gasteiger partial charge in [0.2, 0.25) is 0 Å². The van der Waals surface area contributed by atoms with Crippen molar-refractivity contribution in [3.63, 3.8) is 0 Å². The Morgan fingerprint density at radius 3 is 2.56 bits per heavy atom. The van der Waals surface area contributed by atoms with Gasteiger partial charge in [-0.3, -0.25) is 0 Å². The minimum atomic E-state index is 0.983. The lowest BCUT2D eigenvalue weighted by molar-refractivity contribution is 0.738. The van der Waals surface area contributed by atoms with Crippen molar-refractivity contribution in [2.75, 3.05) is 13.1 Å². The molecule has 0 aliphatic carbocycles. The Kier molecular flexibility index (Phi) is 2.99. The second-order valence-electron chi connectivity index (χ2n) is 4.69. The predicted molar refractivity (Wildman–Crippen MR) is 74.1 cm³/mol. The second kappa shape index (κ2) is 4.78. The molecule has 0 atom stereocenters. The van der Waals surface area contributed by atoms with Crippen LogP contribution in [0.25, 0.3) is 16.8 Å². The van der Waals surface area contributed by atoms with Crippen molar-refractivity contribution in [2.24, 2.45) is 7.05 Å². The van der Waals surface area contributed by atoms with Gasteiger partial charge in [0.25, 0.3) is 0 Å². The van der Waals surface area contributed by atoms with Gasteiger partial charge >= 0.3 is 0 Å². The summed E-state index contributed by atoms with van der Waals surface area (Å²) in [7, 11) is 1.99. The Balaban J connectivity index is 1.87. The maximum Gasteiger partial charge on any atom is 0.0951 e. The molecule has 3 rings (SSSR count). The molecule has 3 nitrogen and oxygen atoms in total. The first-order valence-electron chi connectivity index (χ1n) is 6.31. The van der Waals surface area contributed by atoms with E-state index in [9.17, 15) is 0 Å². The molecule has 0 spiro atoms. The highest BCUT2D eigenvalue weighted by atomic mass is 15.0. The van der Waals surface area contributed by atoms with Crippen LogP contribution < -0.4 is 5.32 Å². The van der Waals surface area contributed by atoms with Crippen molar-refractivity contribution >= 4 is 5.57 Å². The number of hydrogen-bond acceptors (Lipinski definition) is 2. The van der Waals surface area contributed by atoms with Crippen LogP contribution >= 0.6 is 0 Å². The number of aryl methyl sites for hydroxylation is 1. The summed E-state index contributed by atoms with van der Waals surface area (Å²) >= 11 is 0. The van der Waals surface area contributed by atoms with E-state index >= 15 is 0 Å². The number of imidazole rings is 1. The van der Waals surface area contributed by atoms with Gasteiger partial charge in [-0.05, 0) is 24.1 Å². The van der Waals surface area contributed by atoms with E-state index in [0.717, 1.165) is 25.2 Å². The monoisotopic (exact) mass is 239 g/mol. The fraction of sp³-hybridized carbons (Fsp3) is 0.267. The number of rotatable bonds is 2. The molecule has 0 amide bonds. The third-order valence-corrected chi connectivity index (χ3v) is 3.32. The third-order valence-electron chi connectivity index (χ3n) is 3.32. The van der Waals surface area contributed by atoms with Crippen LogP contribution in [-0.4, -0.2) is 22.6 Å². The van der Waals surface area contributed by atoms with Gasteiger partial charge in [-0.25, -0.2) is 4.98 Å². The fourth-order valence-electron chi connectivity index (χ4n) is 2.30. The van der Waals surface area contributed by atoms with Crippen LogP contribution in [-0.2, 0) is 7.05 Å². The van der Waals surface area contributed by atoms with Gasteiger partial charge < -0.3 is 9.88 Å². The van der Waals surface area contributed by atoms with Gasteiger partial charge in [-0.15, -0.1) is 0 Å². The Morgan fingerprint density at radius 2 is 1.94 bits per heavy atom. The zero-order chi connectivity index (χ0) is 12.4. The topological polar surface area (TPSA) is 29.9 Å². The Bertz CT molecular complexity index is 564. The first-order chi connectivity index (χ1) is 8.83. The van der Waals surface area contributed by atoms with E-state index < -0.39 is 0 Å². The molecule has 92 valence electrons. The van der Waals surface area contributed by atoms with E-state index in [0.29, 0.717) is 0 Å². The highest BCUT2D eigenvalue weighted by Gasteiger charge is 2.06. The maximum atomic E-state index is 4.37. The number of benzene rings is 1. The first kappa shape index (κ1) is 11.2. The van der Waals surface area contributed by atoms with Crippen LogP contribution in [0.3, 0.4) is 0 Å². The van der Waals surface area contributed by atoms with Crippen LogP contribution in [0.1, 0.15) is 12.0 Å². The van der Waals surface area contributed by atoms with Crippen LogP contribution in [0.15, 0.2) is 42.9 Å². The minimum absolute atomic E-state index is 0.983. The highest BCUT2D eigenvalue weighted by molar-refractivity contribution is 5.69. The summed E-state index contributed by atoms with van der Waals surface area (Å²) in [5.41, 5.74) is 4.98. The predicted octanol–water partition coefficient (Wildman–Crippen LogP) is 2.46. The second-order valence-corrected chi connectivity index (χ2v) is 4.69. The molecule has 1 N–H and O–H groups in total. The van der Waals surface area contributed by atoms with Crippen molar-refractivity contribution in [3.8, 4) is 11.3 Å². The average Bonchev–Trinajstić information content (AvgIpc) is 2.87. The highest BCUT2D eigenvalue weighted by Crippen LogP contribution is 2.23. The molecule has 0 bridgehead atoms. The molecule has 1 aromatic carbocycles. The van der Waals surface area contributed by atoms with Crippen molar-refractivity contribution in [3.05, 3.63) is 48.4 Å². The molecule has 0 unspecified atom stereocenters. The van der Waals surface area contributed by atoms with Crippen molar-refractivity contribution in [2.45, 2.75) is 6.42 Å². The quantitative estimate of drug-likeness (QED) is 0.872. The van der Waals surface area contributed by atoms with Crippen LogP contribution in [0, 0.1) is 0 Å². The number of nitrogens with zero attached hydrogens (tertiary/aromatic N) is 2. The summed E-state index contributed by atoms with van der Waals surface area (Å²) in [6.07, 6.45) is 7.26. The lowest BCUT2D eigenvalue weighted by Gasteiger charge is -2.14. The zero-order valence-electron chi connectivity index (χ0n) is 10.6. The molecule has 2 heterocycles. The molecule has 0 saturated heterocycles. The van der Waals surface area contributed by atoms with E-state index in [1.54, 1.807) is 0 Å². The third kappa shape index (κ3) is 2.22. The van der Waals surface area contributed by atoms with Gasteiger partial charge in [-0.1, -0.05) is 30.3 Å². The molecule has 1 aliphatic heterocycles. The van der Waals surface area contributed by atoms with E-state index in [1.165, 1.54) is 16.7 Å². The van der Waals surface area contributed by atoms with Gasteiger partial charge in [0.15, 0.2) is 0 Å². The molecule has 1 aromatic heterocycles. The minimum Gasteiger partial charge on any atom is -0.340 e. The van der Waals surface area contributed by atoms with Gasteiger partial charge in [-0.2, -0.15) is 0 Å². The van der Waals surface area contributed by atoms with Crippen molar-refractivity contribution in [1.82, 2.24) is 14.9 Å². The van der Waals surface area contributed by atoms with Gasteiger partial charge in [0.1, 0.15) is 0 Å². The van der Waals surface area contributed by atoms with Gasteiger partial charge in [0.05, 0.1) is 12.0 Å². The van der Waals surface area contributed by atoms with Crippen molar-refractivity contribution in [1.29, 1.82) is 0 Å². The number of hydrogen-bond donors (Lipinski definition) is 1. The molecule has 0 fully saturated rings. The Hall–Kier alpha value is -1.87. The molecule has 0 radical (unpaired) electrons. The van der Waals surface area contributed by atoms with Crippen molar-refractivity contribution < 1.29 is 0 Å². The van der Waals surface area contributed by atoms with E-state index in [2.05, 4.69) is 40.6 Å². The summed E-state index contributed by atoms with van der Waals surface area (Å²) in [6.45, 7) is 2.06. The average molecular weight is 239 g/mol. The van der Waals surface area contributed by atoms with Crippen LogP contribution in [0.4, 0.5) is 0 Å². The Morgan fingerprint density at radius 1 is 1.17 bits per heavy atom. The largest absolute Gasteiger partial charge is 0.340 e. The lowest BCUT2D eigenvalue weighted by atomic mass is 9.99. The van der Waals surface area contributed by atoms with E-state index in [-0.39, 0.29) is 0 Å². The normalized spacial score (nSPS) is 15.5. The van der Waals surface area contributed by atoms with E-state index in [1.807, 2.05) is 24.1 Å².